The summed E-state index contributed by atoms with van der Waals surface area (Å²) in [4.78, 5) is 2.10. The second-order valence-electron chi connectivity index (χ2n) is 7.21. The Morgan fingerprint density at radius 1 is 0.893 bits per heavy atom. The molecule has 0 aromatic heterocycles. The quantitative estimate of drug-likeness (QED) is 0.705. The number of benzene rings is 2. The molecule has 0 heterocycles. The molecule has 0 radical (unpaired) electrons. The lowest BCUT2D eigenvalue weighted by Crippen LogP contribution is -2.23. The van der Waals surface area contributed by atoms with Crippen LogP contribution >= 0.6 is 0 Å². The normalized spacial score (nSPS) is 14.9. The van der Waals surface area contributed by atoms with Gasteiger partial charge in [0.1, 0.15) is 0 Å². The molecular formula is C19H25N3O4S2. The van der Waals surface area contributed by atoms with Crippen molar-refractivity contribution < 1.29 is 16.8 Å². The van der Waals surface area contributed by atoms with Crippen molar-refractivity contribution in [2.75, 3.05) is 37.3 Å². The van der Waals surface area contributed by atoms with Gasteiger partial charge in [0.2, 0.25) is 10.0 Å². The predicted molar refractivity (Wildman–Crippen MR) is 111 cm³/mol. The van der Waals surface area contributed by atoms with Crippen LogP contribution in [0.25, 0.3) is 0 Å². The van der Waals surface area contributed by atoms with Crippen LogP contribution in [0.1, 0.15) is 12.8 Å². The highest BCUT2D eigenvalue weighted by Gasteiger charge is 2.25. The number of hydrogen-bond donors (Lipinski definition) is 1. The lowest BCUT2D eigenvalue weighted by Gasteiger charge is -2.23. The molecule has 28 heavy (non-hydrogen) atoms. The van der Waals surface area contributed by atoms with Gasteiger partial charge in [-0.15, -0.1) is 0 Å². The van der Waals surface area contributed by atoms with E-state index in [4.69, 9.17) is 0 Å². The monoisotopic (exact) mass is 423 g/mol. The van der Waals surface area contributed by atoms with Crippen molar-refractivity contribution in [3.63, 3.8) is 0 Å². The number of anilines is 2. The van der Waals surface area contributed by atoms with Gasteiger partial charge in [0.15, 0.2) is 0 Å². The summed E-state index contributed by atoms with van der Waals surface area (Å²) in [6, 6.07) is 12.5. The van der Waals surface area contributed by atoms with Crippen LogP contribution in [0.3, 0.4) is 0 Å². The van der Waals surface area contributed by atoms with Crippen LogP contribution in [0, 0.1) is 5.92 Å². The fourth-order valence-corrected chi connectivity index (χ4v) is 4.86. The van der Waals surface area contributed by atoms with Gasteiger partial charge in [-0.25, -0.2) is 21.1 Å². The van der Waals surface area contributed by atoms with Crippen molar-refractivity contribution in [2.45, 2.75) is 22.6 Å². The maximum atomic E-state index is 12.8. The summed E-state index contributed by atoms with van der Waals surface area (Å²) >= 11 is 0. The maximum Gasteiger partial charge on any atom is 0.261 e. The Hall–Kier alpha value is -2.10. The molecule has 152 valence electrons. The molecule has 1 aliphatic carbocycles. The van der Waals surface area contributed by atoms with E-state index in [2.05, 4.69) is 9.62 Å². The Morgan fingerprint density at radius 3 is 2.04 bits per heavy atom. The van der Waals surface area contributed by atoms with Crippen LogP contribution in [0.5, 0.6) is 0 Å². The third-order valence-corrected chi connectivity index (χ3v) is 7.91. The van der Waals surface area contributed by atoms with E-state index in [1.54, 1.807) is 12.1 Å². The van der Waals surface area contributed by atoms with Crippen molar-refractivity contribution in [1.29, 1.82) is 0 Å². The Balaban J connectivity index is 1.84. The third kappa shape index (κ3) is 4.48. The van der Waals surface area contributed by atoms with Gasteiger partial charge in [-0.05, 0) is 55.2 Å². The number of sulfonamides is 2. The predicted octanol–water partition coefficient (Wildman–Crippen LogP) is 2.58. The van der Waals surface area contributed by atoms with Gasteiger partial charge in [0, 0.05) is 27.7 Å². The largest absolute Gasteiger partial charge is 0.373 e. The minimum atomic E-state index is -3.85. The van der Waals surface area contributed by atoms with Crippen LogP contribution in [0.4, 0.5) is 11.4 Å². The fraction of sp³-hybridized carbons (Fsp3) is 0.368. The minimum absolute atomic E-state index is 0.00450. The minimum Gasteiger partial charge on any atom is -0.373 e. The average Bonchev–Trinajstić information content (AvgIpc) is 3.45. The van der Waals surface area contributed by atoms with E-state index >= 15 is 0 Å². The number of para-hydroxylation sites is 2. The molecule has 3 rings (SSSR count). The van der Waals surface area contributed by atoms with Gasteiger partial charge in [-0.2, -0.15) is 0 Å². The molecule has 0 bridgehead atoms. The van der Waals surface area contributed by atoms with Crippen LogP contribution in [0.2, 0.25) is 0 Å². The zero-order valence-electron chi connectivity index (χ0n) is 16.2. The molecule has 0 unspecified atom stereocenters. The first kappa shape index (κ1) is 20.6. The molecule has 7 nitrogen and oxygen atoms in total. The summed E-state index contributed by atoms with van der Waals surface area (Å²) in [6.07, 6.45) is 2.42. The second kappa shape index (κ2) is 7.73. The zero-order valence-corrected chi connectivity index (χ0v) is 17.8. The molecule has 2 aromatic carbocycles. The van der Waals surface area contributed by atoms with E-state index in [-0.39, 0.29) is 9.79 Å². The molecule has 1 aliphatic rings. The van der Waals surface area contributed by atoms with E-state index < -0.39 is 20.0 Å². The summed E-state index contributed by atoms with van der Waals surface area (Å²) < 4.78 is 53.7. The average molecular weight is 424 g/mol. The van der Waals surface area contributed by atoms with Gasteiger partial charge in [0.25, 0.3) is 10.0 Å². The number of nitrogens with zero attached hydrogens (tertiary/aromatic N) is 2. The van der Waals surface area contributed by atoms with Crippen LogP contribution in [0.15, 0.2) is 58.3 Å². The van der Waals surface area contributed by atoms with E-state index in [0.29, 0.717) is 11.6 Å². The summed E-state index contributed by atoms with van der Waals surface area (Å²) in [7, 11) is -2.65. The highest BCUT2D eigenvalue weighted by Crippen LogP contribution is 2.33. The molecule has 0 spiro atoms. The van der Waals surface area contributed by atoms with Crippen LogP contribution in [-0.4, -0.2) is 48.8 Å². The van der Waals surface area contributed by atoms with Gasteiger partial charge in [0.05, 0.1) is 21.2 Å². The van der Waals surface area contributed by atoms with Gasteiger partial charge >= 0.3 is 0 Å². The zero-order chi connectivity index (χ0) is 20.5. The van der Waals surface area contributed by atoms with Crippen molar-refractivity contribution in [2.24, 2.45) is 5.92 Å². The first-order valence-electron chi connectivity index (χ1n) is 8.97. The molecule has 9 heteroatoms. The summed E-state index contributed by atoms with van der Waals surface area (Å²) in [5.74, 6) is 0.667. The van der Waals surface area contributed by atoms with E-state index in [1.807, 2.05) is 19.2 Å². The van der Waals surface area contributed by atoms with Gasteiger partial charge < -0.3 is 4.90 Å². The second-order valence-corrected chi connectivity index (χ2v) is 11.0. The number of nitrogens with one attached hydrogen (secondary N) is 1. The Kier molecular flexibility index (Phi) is 5.69. The highest BCUT2D eigenvalue weighted by atomic mass is 32.2. The molecule has 0 saturated heterocycles. The molecule has 1 saturated carbocycles. The molecule has 1 N–H and O–H groups in total. The molecule has 0 aliphatic heterocycles. The van der Waals surface area contributed by atoms with E-state index in [0.717, 1.165) is 16.5 Å². The summed E-state index contributed by atoms with van der Waals surface area (Å²) in [5, 5.41) is 0. The summed E-state index contributed by atoms with van der Waals surface area (Å²) in [6.45, 7) is 0.885. The molecule has 0 amide bonds. The highest BCUT2D eigenvalue weighted by molar-refractivity contribution is 7.92. The Labute approximate surface area is 167 Å². The molecule has 0 atom stereocenters. The fourth-order valence-electron chi connectivity index (χ4n) is 2.88. The van der Waals surface area contributed by atoms with Crippen molar-refractivity contribution in [1.82, 2.24) is 4.31 Å². The first-order chi connectivity index (χ1) is 13.1. The van der Waals surface area contributed by atoms with Gasteiger partial charge in [-0.1, -0.05) is 12.1 Å². The van der Waals surface area contributed by atoms with Crippen LogP contribution < -0.4 is 9.62 Å². The lowest BCUT2D eigenvalue weighted by atomic mass is 10.2. The van der Waals surface area contributed by atoms with Crippen molar-refractivity contribution in [3.05, 3.63) is 48.5 Å². The van der Waals surface area contributed by atoms with Crippen molar-refractivity contribution >= 4 is 31.4 Å². The molecule has 1 fully saturated rings. The number of hydrogen-bond acceptors (Lipinski definition) is 5. The standard InChI is InChI=1S/C19H25N3O4S2/c1-21(2)28(25,26)17-12-10-16(11-13-17)27(23,24)20-18-6-4-5-7-19(18)22(3)14-15-8-9-15/h4-7,10-13,15,20H,8-9,14H2,1-3H3. The summed E-state index contributed by atoms with van der Waals surface area (Å²) in [5.41, 5.74) is 1.31. The molecular weight excluding hydrogens is 398 g/mol. The van der Waals surface area contributed by atoms with E-state index in [1.165, 1.54) is 51.2 Å². The first-order valence-corrected chi connectivity index (χ1v) is 11.9. The topological polar surface area (TPSA) is 86.8 Å². The number of rotatable bonds is 8. The van der Waals surface area contributed by atoms with E-state index in [9.17, 15) is 16.8 Å². The Morgan fingerprint density at radius 2 is 1.46 bits per heavy atom. The van der Waals surface area contributed by atoms with Crippen molar-refractivity contribution in [3.8, 4) is 0 Å². The van der Waals surface area contributed by atoms with Gasteiger partial charge in [-0.3, -0.25) is 4.72 Å². The van der Waals surface area contributed by atoms with Crippen LogP contribution in [-0.2, 0) is 20.0 Å². The SMILES string of the molecule is CN(CC1CC1)c1ccccc1NS(=O)(=O)c1ccc(S(=O)(=O)N(C)C)cc1. The lowest BCUT2D eigenvalue weighted by molar-refractivity contribution is 0.520. The third-order valence-electron chi connectivity index (χ3n) is 4.70. The Bertz CT molecular complexity index is 1040. The molecule has 2 aromatic rings. The smallest absolute Gasteiger partial charge is 0.261 e. The maximum absolute atomic E-state index is 12.8.